The SMILES string of the molecule is COC(=O)N[C@H](c1ccccc1)C(O)N1CCCC1c1nc(-c2cc3sc(-c4ccc(-c5c[nH]c(C6C=CCN6C(=O)[C@H](NC(=O)OC)c6ccccc6)n5)cc4)cc3s2)c[nH]1. The van der Waals surface area contributed by atoms with Crippen LogP contribution in [-0.4, -0.2) is 86.5 Å². The van der Waals surface area contributed by atoms with Crippen molar-refractivity contribution in [2.75, 3.05) is 27.3 Å². The lowest BCUT2D eigenvalue weighted by molar-refractivity contribution is -0.134. The number of imidazole rings is 2. The quantitative estimate of drug-likeness (QED) is 0.0754. The number of likely N-dealkylation sites (tertiary alicyclic amines) is 1. The van der Waals surface area contributed by atoms with Gasteiger partial charge in [0, 0.05) is 45.3 Å². The van der Waals surface area contributed by atoms with Gasteiger partial charge in [0.25, 0.3) is 5.91 Å². The average molecular weight is 869 g/mol. The molecule has 3 amide bonds. The number of carbonyl (C=O) groups is 3. The van der Waals surface area contributed by atoms with E-state index in [0.717, 1.165) is 56.5 Å². The third kappa shape index (κ3) is 8.24. The molecule has 2 aliphatic rings. The molecular formula is C46H44N8O6S2. The van der Waals surface area contributed by atoms with Gasteiger partial charge in [-0.05, 0) is 41.7 Å². The summed E-state index contributed by atoms with van der Waals surface area (Å²) in [5.74, 6) is 1.13. The Balaban J connectivity index is 0.869. The van der Waals surface area contributed by atoms with E-state index in [1.165, 1.54) is 23.6 Å². The number of nitrogens with zero attached hydrogens (tertiary/aromatic N) is 4. The fraction of sp³-hybridized carbons (Fsp3) is 0.239. The summed E-state index contributed by atoms with van der Waals surface area (Å²) in [6.45, 7) is 1.03. The van der Waals surface area contributed by atoms with Crippen LogP contribution in [-0.2, 0) is 14.3 Å². The van der Waals surface area contributed by atoms with Gasteiger partial charge in [-0.3, -0.25) is 9.69 Å². The summed E-state index contributed by atoms with van der Waals surface area (Å²) < 4.78 is 12.0. The number of H-pyrrole nitrogens is 2. The number of fused-ring (bicyclic) bond motifs is 1. The van der Waals surface area contributed by atoms with E-state index in [1.54, 1.807) is 39.7 Å². The number of thiophene rings is 2. The maximum Gasteiger partial charge on any atom is 0.407 e. The van der Waals surface area contributed by atoms with Crippen molar-refractivity contribution in [2.45, 2.75) is 43.2 Å². The summed E-state index contributed by atoms with van der Waals surface area (Å²) in [5, 5.41) is 17.2. The molecule has 6 heterocycles. The van der Waals surface area contributed by atoms with E-state index >= 15 is 0 Å². The van der Waals surface area contributed by atoms with Crippen molar-refractivity contribution in [1.29, 1.82) is 0 Å². The van der Waals surface area contributed by atoms with Gasteiger partial charge in [-0.1, -0.05) is 97.1 Å². The highest BCUT2D eigenvalue weighted by atomic mass is 32.1. The first-order valence-electron chi connectivity index (χ1n) is 20.2. The Morgan fingerprint density at radius 3 is 2.11 bits per heavy atom. The minimum atomic E-state index is -0.996. The van der Waals surface area contributed by atoms with Crippen LogP contribution in [0.25, 0.3) is 41.7 Å². The van der Waals surface area contributed by atoms with Crippen molar-refractivity contribution >= 4 is 50.2 Å². The first kappa shape index (κ1) is 40.8. The fourth-order valence-corrected chi connectivity index (χ4v) is 10.6. The van der Waals surface area contributed by atoms with Gasteiger partial charge in [-0.2, -0.15) is 0 Å². The van der Waals surface area contributed by atoms with Gasteiger partial charge in [0.15, 0.2) is 0 Å². The molecule has 0 saturated carbocycles. The molecule has 9 rings (SSSR count). The molecule has 2 aliphatic heterocycles. The molecule has 7 aromatic rings. The van der Waals surface area contributed by atoms with Crippen molar-refractivity contribution < 1.29 is 29.0 Å². The van der Waals surface area contributed by atoms with Crippen molar-refractivity contribution in [2.24, 2.45) is 0 Å². The van der Waals surface area contributed by atoms with Crippen molar-refractivity contribution in [3.63, 3.8) is 0 Å². The van der Waals surface area contributed by atoms with Crippen LogP contribution in [0, 0.1) is 0 Å². The Morgan fingerprint density at radius 2 is 1.39 bits per heavy atom. The van der Waals surface area contributed by atoms with Crippen LogP contribution in [0.1, 0.15) is 59.8 Å². The number of aromatic amines is 2. The standard InChI is InChI=1S/C46H44N8O6S2/c1-59-45(57)51-39(29-11-5-3-6-12-29)43(55)53-21-9-15-33(53)41-47-25-31(49-41)27-17-19-28(20-18-27)35-23-37-38(61-35)24-36(62-37)32-26-48-42(50-32)34-16-10-22-54(34)44(56)40(52-46(58)60-2)30-13-7-4-8-14-30/h3-9,11-15,17-20,23-26,33-34,39-40,44,56H,10,16,21-22H2,1-2H3,(H,47,49)(H,48,50)(H,51,57)(H,52,58)/t33?,34?,39-,40-,44?/m1/s1. The zero-order valence-electron chi connectivity index (χ0n) is 33.9. The van der Waals surface area contributed by atoms with E-state index in [4.69, 9.17) is 19.4 Å². The van der Waals surface area contributed by atoms with Crippen LogP contribution in [0.5, 0.6) is 0 Å². The highest BCUT2D eigenvalue weighted by Gasteiger charge is 2.38. The Morgan fingerprint density at radius 1 is 0.774 bits per heavy atom. The van der Waals surface area contributed by atoms with Crippen LogP contribution in [0.4, 0.5) is 9.59 Å². The molecule has 3 unspecified atom stereocenters. The Hall–Kier alpha value is -6.59. The number of nitrogens with one attached hydrogen (secondary N) is 4. The second-order valence-corrected chi connectivity index (χ2v) is 17.2. The Kier molecular flexibility index (Phi) is 11.7. The normalized spacial score (nSPS) is 17.8. The number of aromatic nitrogens is 4. The molecule has 14 nitrogen and oxygen atoms in total. The van der Waals surface area contributed by atoms with Crippen LogP contribution >= 0.6 is 22.7 Å². The average Bonchev–Trinajstić information content (AvgIpc) is 4.17. The van der Waals surface area contributed by atoms with E-state index in [9.17, 15) is 19.5 Å². The number of aliphatic hydroxyl groups excluding tert-OH is 1. The predicted octanol–water partition coefficient (Wildman–Crippen LogP) is 8.50. The highest BCUT2D eigenvalue weighted by molar-refractivity contribution is 7.31. The third-order valence-corrected chi connectivity index (χ3v) is 13.7. The molecule has 316 valence electrons. The summed E-state index contributed by atoms with van der Waals surface area (Å²) in [7, 11) is 2.58. The number of carbonyl (C=O) groups excluding carboxylic acids is 3. The lowest BCUT2D eigenvalue weighted by atomic mass is 10.0. The molecule has 5 N–H and O–H groups in total. The predicted molar refractivity (Wildman–Crippen MR) is 238 cm³/mol. The fourth-order valence-electron chi connectivity index (χ4n) is 8.21. The highest BCUT2D eigenvalue weighted by Crippen LogP contribution is 2.43. The molecule has 16 heteroatoms. The number of ether oxygens (including phenoxy) is 2. The van der Waals surface area contributed by atoms with E-state index in [-0.39, 0.29) is 11.9 Å². The summed E-state index contributed by atoms with van der Waals surface area (Å²) in [5.41, 5.74) is 5.07. The molecule has 0 bridgehead atoms. The molecule has 62 heavy (non-hydrogen) atoms. The molecule has 0 spiro atoms. The number of benzene rings is 3. The number of amides is 3. The van der Waals surface area contributed by atoms with Gasteiger partial charge >= 0.3 is 12.2 Å². The van der Waals surface area contributed by atoms with Crippen LogP contribution < -0.4 is 10.6 Å². The zero-order valence-corrected chi connectivity index (χ0v) is 35.5. The molecular weight excluding hydrogens is 825 g/mol. The smallest absolute Gasteiger partial charge is 0.407 e. The maximum absolute atomic E-state index is 13.9. The summed E-state index contributed by atoms with van der Waals surface area (Å²) in [6, 6.07) is 29.0. The molecule has 5 atom stereocenters. The first-order valence-corrected chi connectivity index (χ1v) is 21.9. The van der Waals surface area contributed by atoms with E-state index in [0.29, 0.717) is 24.5 Å². The van der Waals surface area contributed by atoms with E-state index < -0.39 is 36.5 Å². The van der Waals surface area contributed by atoms with Gasteiger partial charge in [0.1, 0.15) is 30.0 Å². The topological polar surface area (TPSA) is 178 Å². The molecule has 1 fully saturated rings. The number of hydrogen-bond donors (Lipinski definition) is 5. The molecule has 1 saturated heterocycles. The molecule has 0 aliphatic carbocycles. The summed E-state index contributed by atoms with van der Waals surface area (Å²) in [6.07, 6.45) is 7.04. The zero-order chi connectivity index (χ0) is 42.7. The van der Waals surface area contributed by atoms with E-state index in [1.807, 2.05) is 78.0 Å². The largest absolute Gasteiger partial charge is 0.453 e. The van der Waals surface area contributed by atoms with E-state index in [2.05, 4.69) is 57.0 Å². The Bertz CT molecular complexity index is 2680. The second-order valence-electron chi connectivity index (χ2n) is 15.0. The van der Waals surface area contributed by atoms with Crippen LogP contribution in [0.15, 0.2) is 122 Å². The summed E-state index contributed by atoms with van der Waals surface area (Å²) in [4.78, 5) is 60.8. The van der Waals surface area contributed by atoms with Gasteiger partial charge < -0.3 is 40.1 Å². The van der Waals surface area contributed by atoms with Crippen molar-refractivity contribution in [1.82, 2.24) is 40.4 Å². The molecule has 3 aromatic carbocycles. The van der Waals surface area contributed by atoms with Crippen molar-refractivity contribution in [3.05, 3.63) is 144 Å². The lowest BCUT2D eigenvalue weighted by Gasteiger charge is -2.34. The number of methoxy groups -OCH3 is 2. The Labute approximate surface area is 365 Å². The summed E-state index contributed by atoms with van der Waals surface area (Å²) >= 11 is 3.42. The number of aliphatic hydroxyl groups is 1. The monoisotopic (exact) mass is 868 g/mol. The number of rotatable bonds is 12. The van der Waals surface area contributed by atoms with Gasteiger partial charge in [0.05, 0.1) is 42.6 Å². The molecule has 4 aromatic heterocycles. The first-order chi connectivity index (χ1) is 30.3. The van der Waals surface area contributed by atoms with Crippen molar-refractivity contribution in [3.8, 4) is 32.3 Å². The number of hydrogen-bond acceptors (Lipinski definition) is 11. The van der Waals surface area contributed by atoms with Gasteiger partial charge in [-0.15, -0.1) is 22.7 Å². The molecule has 0 radical (unpaired) electrons. The maximum atomic E-state index is 13.9. The number of alkyl carbamates (subject to hydrolysis) is 2. The minimum absolute atomic E-state index is 0.152. The lowest BCUT2D eigenvalue weighted by Crippen LogP contribution is -2.46. The van der Waals surface area contributed by atoms with Crippen LogP contribution in [0.2, 0.25) is 0 Å². The van der Waals surface area contributed by atoms with Gasteiger partial charge in [0.2, 0.25) is 0 Å². The van der Waals surface area contributed by atoms with Crippen LogP contribution in [0.3, 0.4) is 0 Å². The minimum Gasteiger partial charge on any atom is -0.453 e. The van der Waals surface area contributed by atoms with Gasteiger partial charge in [-0.25, -0.2) is 19.6 Å². The third-order valence-electron chi connectivity index (χ3n) is 11.3. The second kappa shape index (κ2) is 17.8.